The topological polar surface area (TPSA) is 43.6 Å². The Morgan fingerprint density at radius 3 is 1.41 bits per heavy atom. The highest BCUT2D eigenvalue weighted by Crippen LogP contribution is 2.40. The van der Waals surface area contributed by atoms with E-state index in [4.69, 9.17) is 15.0 Å². The molecular weight excluding hydrogens is 628 g/mol. The maximum atomic E-state index is 5.10. The summed E-state index contributed by atoms with van der Waals surface area (Å²) in [4.78, 5) is 15.1. The first kappa shape index (κ1) is 30.1. The van der Waals surface area contributed by atoms with Crippen molar-refractivity contribution in [3.8, 4) is 39.9 Å². The molecule has 0 spiro atoms. The molecule has 7 rings (SSSR count). The normalized spacial score (nSPS) is 12.2. The molecule has 5 heteroatoms. The number of halogens is 1. The molecule has 0 aliphatic heterocycles. The fraction of sp³-hybridized carbons (Fsp3) is 0.195. The monoisotopic (exact) mass is 664 g/mol. The zero-order valence-electron chi connectivity index (χ0n) is 27.1. The summed E-state index contributed by atoms with van der Waals surface area (Å²) in [6.07, 6.45) is 0. The SMILES string of the molecule is CC(C)(C)c1ccc2c(c1)c1cc(C(C)(C)C)ccc1n2-c1cc(Br)ccc1-c1nc(-c2ccccc2)nc(-c2ccccc2)n1. The van der Waals surface area contributed by atoms with E-state index in [1.54, 1.807) is 0 Å². The quantitative estimate of drug-likeness (QED) is 0.188. The average Bonchev–Trinajstić information content (AvgIpc) is 3.37. The van der Waals surface area contributed by atoms with E-state index in [-0.39, 0.29) is 10.8 Å². The van der Waals surface area contributed by atoms with E-state index in [1.807, 2.05) is 60.7 Å². The summed E-state index contributed by atoms with van der Waals surface area (Å²) in [5.41, 5.74) is 8.80. The molecular formula is C41H37BrN4. The first-order valence-corrected chi connectivity index (χ1v) is 16.5. The molecule has 7 aromatic rings. The summed E-state index contributed by atoms with van der Waals surface area (Å²) in [5.74, 6) is 1.91. The minimum absolute atomic E-state index is 0.0255. The van der Waals surface area contributed by atoms with E-state index in [2.05, 4.69) is 117 Å². The van der Waals surface area contributed by atoms with E-state index in [9.17, 15) is 0 Å². The molecule has 0 saturated heterocycles. The van der Waals surface area contributed by atoms with Gasteiger partial charge in [0.25, 0.3) is 0 Å². The maximum Gasteiger partial charge on any atom is 0.166 e. The Bertz CT molecular complexity index is 2090. The van der Waals surface area contributed by atoms with Gasteiger partial charge in [-0.15, -0.1) is 0 Å². The van der Waals surface area contributed by atoms with Crippen molar-refractivity contribution in [3.63, 3.8) is 0 Å². The summed E-state index contributed by atoms with van der Waals surface area (Å²) >= 11 is 3.79. The third kappa shape index (κ3) is 5.54. The second-order valence-corrected chi connectivity index (χ2v) is 14.9. The van der Waals surface area contributed by atoms with Crippen molar-refractivity contribution in [1.29, 1.82) is 0 Å². The van der Waals surface area contributed by atoms with Crippen molar-refractivity contribution >= 4 is 37.7 Å². The van der Waals surface area contributed by atoms with Crippen LogP contribution in [0, 0.1) is 0 Å². The lowest BCUT2D eigenvalue weighted by molar-refractivity contribution is 0.590. The van der Waals surface area contributed by atoms with Gasteiger partial charge >= 0.3 is 0 Å². The van der Waals surface area contributed by atoms with Gasteiger partial charge in [0.1, 0.15) is 0 Å². The minimum atomic E-state index is 0.0255. The highest BCUT2D eigenvalue weighted by atomic mass is 79.9. The van der Waals surface area contributed by atoms with Gasteiger partial charge in [0.2, 0.25) is 0 Å². The largest absolute Gasteiger partial charge is 0.308 e. The molecule has 0 amide bonds. The van der Waals surface area contributed by atoms with Crippen molar-refractivity contribution < 1.29 is 0 Å². The van der Waals surface area contributed by atoms with Gasteiger partial charge in [0.05, 0.1) is 16.7 Å². The van der Waals surface area contributed by atoms with E-state index < -0.39 is 0 Å². The summed E-state index contributed by atoms with van der Waals surface area (Å²) < 4.78 is 3.36. The van der Waals surface area contributed by atoms with Gasteiger partial charge in [-0.25, -0.2) is 15.0 Å². The molecule has 46 heavy (non-hydrogen) atoms. The smallest absolute Gasteiger partial charge is 0.166 e. The van der Waals surface area contributed by atoms with Gasteiger partial charge in [-0.2, -0.15) is 0 Å². The highest BCUT2D eigenvalue weighted by Gasteiger charge is 2.23. The number of aromatic nitrogens is 4. The zero-order valence-corrected chi connectivity index (χ0v) is 28.7. The van der Waals surface area contributed by atoms with Gasteiger partial charge in [-0.1, -0.05) is 130 Å². The molecule has 4 nitrogen and oxygen atoms in total. The lowest BCUT2D eigenvalue weighted by Gasteiger charge is -2.19. The molecule has 2 aromatic heterocycles. The van der Waals surface area contributed by atoms with Gasteiger partial charge in [-0.3, -0.25) is 0 Å². The lowest BCUT2D eigenvalue weighted by Crippen LogP contribution is -2.10. The molecule has 0 saturated carbocycles. The zero-order chi connectivity index (χ0) is 32.2. The van der Waals surface area contributed by atoms with Gasteiger partial charge in [0.15, 0.2) is 17.5 Å². The van der Waals surface area contributed by atoms with Crippen molar-refractivity contribution in [2.45, 2.75) is 52.4 Å². The summed E-state index contributed by atoms with van der Waals surface area (Å²) in [6, 6.07) is 40.5. The molecule has 0 aliphatic rings. The summed E-state index contributed by atoms with van der Waals surface area (Å²) in [7, 11) is 0. The predicted molar refractivity (Wildman–Crippen MR) is 196 cm³/mol. The van der Waals surface area contributed by atoms with Crippen LogP contribution in [-0.2, 0) is 10.8 Å². The molecule has 0 atom stereocenters. The van der Waals surface area contributed by atoms with Gasteiger partial charge in [0, 0.05) is 31.9 Å². The van der Waals surface area contributed by atoms with Crippen LogP contribution in [0.25, 0.3) is 61.7 Å². The Hall–Kier alpha value is -4.61. The first-order chi connectivity index (χ1) is 22.0. The molecule has 0 fully saturated rings. The summed E-state index contributed by atoms with van der Waals surface area (Å²) in [6.45, 7) is 13.6. The van der Waals surface area contributed by atoms with E-state index in [0.717, 1.165) is 37.9 Å². The van der Waals surface area contributed by atoms with Crippen LogP contribution in [0.4, 0.5) is 0 Å². The highest BCUT2D eigenvalue weighted by molar-refractivity contribution is 9.10. The van der Waals surface area contributed by atoms with E-state index >= 15 is 0 Å². The van der Waals surface area contributed by atoms with Crippen LogP contribution in [-0.4, -0.2) is 19.5 Å². The van der Waals surface area contributed by atoms with Crippen LogP contribution in [0.2, 0.25) is 0 Å². The average molecular weight is 666 g/mol. The van der Waals surface area contributed by atoms with Crippen LogP contribution in [0.15, 0.2) is 120 Å². The third-order valence-electron chi connectivity index (χ3n) is 8.64. The molecule has 2 heterocycles. The maximum absolute atomic E-state index is 5.10. The summed E-state index contributed by atoms with van der Waals surface area (Å²) in [5, 5.41) is 2.48. The number of hydrogen-bond donors (Lipinski definition) is 0. The Balaban J connectivity index is 1.54. The third-order valence-corrected chi connectivity index (χ3v) is 9.13. The van der Waals surface area contributed by atoms with Crippen LogP contribution in [0.3, 0.4) is 0 Å². The van der Waals surface area contributed by atoms with Crippen molar-refractivity contribution in [3.05, 3.63) is 131 Å². The Labute approximate surface area is 279 Å². The predicted octanol–water partition coefficient (Wildman–Crippen LogP) is 11.3. The Kier molecular flexibility index (Phi) is 7.40. The van der Waals surface area contributed by atoms with Crippen molar-refractivity contribution in [2.75, 3.05) is 0 Å². The number of fused-ring (bicyclic) bond motifs is 3. The number of nitrogens with zero attached hydrogens (tertiary/aromatic N) is 4. The molecule has 0 N–H and O–H groups in total. The molecule has 228 valence electrons. The van der Waals surface area contributed by atoms with Crippen molar-refractivity contribution in [2.24, 2.45) is 0 Å². The Morgan fingerprint density at radius 2 is 0.957 bits per heavy atom. The molecule has 0 unspecified atom stereocenters. The number of hydrogen-bond acceptors (Lipinski definition) is 3. The molecule has 5 aromatic carbocycles. The van der Waals surface area contributed by atoms with Crippen LogP contribution < -0.4 is 0 Å². The van der Waals surface area contributed by atoms with Crippen LogP contribution >= 0.6 is 15.9 Å². The van der Waals surface area contributed by atoms with Gasteiger partial charge < -0.3 is 4.57 Å². The second-order valence-electron chi connectivity index (χ2n) is 14.0. The fourth-order valence-corrected chi connectivity index (χ4v) is 6.37. The van der Waals surface area contributed by atoms with E-state index in [0.29, 0.717) is 17.5 Å². The number of benzene rings is 5. The minimum Gasteiger partial charge on any atom is -0.308 e. The fourth-order valence-electron chi connectivity index (χ4n) is 6.02. The standard InChI is InChI=1S/C41H37BrN4/c1-40(2,3)28-17-21-34-32(23-28)33-24-29(41(4,5)6)18-22-35(33)46(34)36-25-30(42)19-20-31(36)39-44-37(26-13-9-7-10-14-26)43-38(45-39)27-15-11-8-12-16-27/h7-25H,1-6H3. The lowest BCUT2D eigenvalue weighted by atomic mass is 9.85. The molecule has 0 radical (unpaired) electrons. The number of rotatable bonds is 4. The second kappa shape index (κ2) is 11.3. The molecule has 0 bridgehead atoms. The Morgan fingerprint density at radius 1 is 0.500 bits per heavy atom. The van der Waals surface area contributed by atoms with Gasteiger partial charge in [-0.05, 0) is 64.4 Å². The first-order valence-electron chi connectivity index (χ1n) is 15.7. The van der Waals surface area contributed by atoms with Crippen LogP contribution in [0.5, 0.6) is 0 Å². The van der Waals surface area contributed by atoms with Crippen molar-refractivity contribution in [1.82, 2.24) is 19.5 Å². The molecule has 0 aliphatic carbocycles. The van der Waals surface area contributed by atoms with E-state index in [1.165, 1.54) is 21.9 Å². The van der Waals surface area contributed by atoms with Crippen LogP contribution in [0.1, 0.15) is 52.7 Å².